The summed E-state index contributed by atoms with van der Waals surface area (Å²) in [6.07, 6.45) is -0.396. The van der Waals surface area contributed by atoms with Crippen molar-refractivity contribution in [1.82, 2.24) is 10.6 Å². The smallest absolute Gasteiger partial charge is 0.408 e. The number of methoxy groups -OCH3 is 1. The Kier molecular flexibility index (Phi) is 8.43. The van der Waals surface area contributed by atoms with E-state index >= 15 is 0 Å². The topological polar surface area (TPSA) is 106 Å². The quantitative estimate of drug-likeness (QED) is 0.601. The molecule has 0 unspecified atom stereocenters. The van der Waals surface area contributed by atoms with Crippen LogP contribution in [-0.2, 0) is 27.3 Å². The Balaban J connectivity index is 1.79. The molecule has 0 radical (unpaired) electrons. The molecule has 0 heterocycles. The van der Waals surface area contributed by atoms with Crippen LogP contribution in [0.25, 0.3) is 0 Å². The molecule has 8 nitrogen and oxygen atoms in total. The van der Waals surface area contributed by atoms with Crippen molar-refractivity contribution < 1.29 is 23.9 Å². The van der Waals surface area contributed by atoms with Crippen LogP contribution in [-0.4, -0.2) is 37.2 Å². The number of hydrogen-bond donors (Lipinski definition) is 3. The van der Waals surface area contributed by atoms with E-state index < -0.39 is 11.7 Å². The molecule has 0 saturated heterocycles. The summed E-state index contributed by atoms with van der Waals surface area (Å²) in [5, 5.41) is 7.97. The second kappa shape index (κ2) is 11.0. The van der Waals surface area contributed by atoms with Crippen molar-refractivity contribution in [3.8, 4) is 5.75 Å². The molecule has 0 spiro atoms. The number of ether oxygens (including phenoxy) is 2. The van der Waals surface area contributed by atoms with Crippen molar-refractivity contribution in [3.63, 3.8) is 0 Å². The highest BCUT2D eigenvalue weighted by atomic mass is 16.6. The average molecular weight is 428 g/mol. The predicted molar refractivity (Wildman–Crippen MR) is 118 cm³/mol. The normalized spacial score (nSPS) is 10.7. The minimum absolute atomic E-state index is 0.110. The molecule has 2 rings (SSSR count). The van der Waals surface area contributed by atoms with Crippen molar-refractivity contribution >= 4 is 23.6 Å². The van der Waals surface area contributed by atoms with Crippen LogP contribution >= 0.6 is 0 Å². The Bertz CT molecular complexity index is 904. The summed E-state index contributed by atoms with van der Waals surface area (Å²) in [6, 6.07) is 14.4. The first-order valence-corrected chi connectivity index (χ1v) is 9.90. The molecule has 3 amide bonds. The van der Waals surface area contributed by atoms with Crippen molar-refractivity contribution in [2.45, 2.75) is 39.3 Å². The summed E-state index contributed by atoms with van der Waals surface area (Å²) in [6.45, 7) is 5.35. The van der Waals surface area contributed by atoms with Crippen LogP contribution in [0.4, 0.5) is 10.5 Å². The van der Waals surface area contributed by atoms with Gasteiger partial charge in [0.05, 0.1) is 13.5 Å². The number of benzene rings is 2. The zero-order valence-electron chi connectivity index (χ0n) is 18.3. The van der Waals surface area contributed by atoms with Crippen LogP contribution < -0.4 is 20.7 Å². The third kappa shape index (κ3) is 9.20. The standard InChI is InChI=1S/C23H29N3O5/c1-23(2,3)31-22(29)25-15-21(28)26-18-7-5-6-17(12-18)14-24-20(27)13-16-8-10-19(30-4)11-9-16/h5-12H,13-15H2,1-4H3,(H,24,27)(H,25,29)(H,26,28). The number of alkyl carbamates (subject to hydrolysis) is 1. The van der Waals surface area contributed by atoms with E-state index in [0.717, 1.165) is 16.9 Å². The van der Waals surface area contributed by atoms with Gasteiger partial charge in [0.15, 0.2) is 0 Å². The molecule has 0 aliphatic heterocycles. The zero-order valence-corrected chi connectivity index (χ0v) is 18.3. The van der Waals surface area contributed by atoms with Gasteiger partial charge in [0, 0.05) is 12.2 Å². The molecule has 0 aliphatic rings. The summed E-state index contributed by atoms with van der Waals surface area (Å²) in [7, 11) is 1.59. The highest BCUT2D eigenvalue weighted by molar-refractivity contribution is 5.93. The average Bonchev–Trinajstić information content (AvgIpc) is 2.70. The number of carbonyl (C=O) groups is 3. The van der Waals surface area contributed by atoms with Crippen molar-refractivity contribution in [2.75, 3.05) is 19.0 Å². The van der Waals surface area contributed by atoms with Crippen LogP contribution in [0.1, 0.15) is 31.9 Å². The van der Waals surface area contributed by atoms with E-state index in [9.17, 15) is 14.4 Å². The van der Waals surface area contributed by atoms with Crippen LogP contribution in [0.15, 0.2) is 48.5 Å². The maximum atomic E-state index is 12.2. The van der Waals surface area contributed by atoms with Gasteiger partial charge in [0.2, 0.25) is 11.8 Å². The molecule has 2 aromatic carbocycles. The highest BCUT2D eigenvalue weighted by Crippen LogP contribution is 2.13. The molecule has 8 heteroatoms. The third-order valence-corrected chi connectivity index (χ3v) is 4.02. The fourth-order valence-electron chi connectivity index (χ4n) is 2.62. The molecule has 0 atom stereocenters. The Hall–Kier alpha value is -3.55. The van der Waals surface area contributed by atoms with E-state index in [1.807, 2.05) is 30.3 Å². The lowest BCUT2D eigenvalue weighted by molar-refractivity contribution is -0.120. The largest absolute Gasteiger partial charge is 0.497 e. The summed E-state index contributed by atoms with van der Waals surface area (Å²) < 4.78 is 10.2. The molecular formula is C23H29N3O5. The van der Waals surface area contributed by atoms with E-state index in [2.05, 4.69) is 16.0 Å². The van der Waals surface area contributed by atoms with Crippen molar-refractivity contribution in [2.24, 2.45) is 0 Å². The highest BCUT2D eigenvalue weighted by Gasteiger charge is 2.16. The van der Waals surface area contributed by atoms with Gasteiger partial charge in [-0.25, -0.2) is 4.79 Å². The monoisotopic (exact) mass is 427 g/mol. The number of anilines is 1. The molecular weight excluding hydrogens is 398 g/mol. The SMILES string of the molecule is COc1ccc(CC(=O)NCc2cccc(NC(=O)CNC(=O)OC(C)(C)C)c2)cc1. The first kappa shape index (κ1) is 23.7. The number of hydrogen-bond acceptors (Lipinski definition) is 5. The lowest BCUT2D eigenvalue weighted by Gasteiger charge is -2.19. The molecule has 166 valence electrons. The van der Waals surface area contributed by atoms with Gasteiger partial charge in [-0.2, -0.15) is 0 Å². The first-order valence-electron chi connectivity index (χ1n) is 9.90. The lowest BCUT2D eigenvalue weighted by atomic mass is 10.1. The van der Waals surface area contributed by atoms with Crippen LogP contribution in [0, 0.1) is 0 Å². The van der Waals surface area contributed by atoms with E-state index in [1.54, 1.807) is 46.1 Å². The Morgan fingerprint density at radius 3 is 2.26 bits per heavy atom. The zero-order chi connectivity index (χ0) is 22.9. The molecule has 0 aromatic heterocycles. The van der Waals surface area contributed by atoms with E-state index in [0.29, 0.717) is 12.2 Å². The van der Waals surface area contributed by atoms with Gasteiger partial charge < -0.3 is 25.4 Å². The molecule has 3 N–H and O–H groups in total. The molecule has 31 heavy (non-hydrogen) atoms. The van der Waals surface area contributed by atoms with Gasteiger partial charge in [-0.1, -0.05) is 24.3 Å². The lowest BCUT2D eigenvalue weighted by Crippen LogP contribution is -2.37. The molecule has 0 aliphatic carbocycles. The Labute approximate surface area is 182 Å². The molecule has 0 fully saturated rings. The fourth-order valence-corrected chi connectivity index (χ4v) is 2.62. The van der Waals surface area contributed by atoms with E-state index in [-0.39, 0.29) is 24.8 Å². The van der Waals surface area contributed by atoms with Crippen molar-refractivity contribution in [1.29, 1.82) is 0 Å². The minimum atomic E-state index is -0.657. The van der Waals surface area contributed by atoms with Gasteiger partial charge >= 0.3 is 6.09 Å². The van der Waals surface area contributed by atoms with Gasteiger partial charge in [-0.3, -0.25) is 9.59 Å². The second-order valence-electron chi connectivity index (χ2n) is 7.91. The van der Waals surface area contributed by atoms with Crippen molar-refractivity contribution in [3.05, 3.63) is 59.7 Å². The third-order valence-electron chi connectivity index (χ3n) is 4.02. The predicted octanol–water partition coefficient (Wildman–Crippen LogP) is 3.02. The summed E-state index contributed by atoms with van der Waals surface area (Å²) in [5.41, 5.74) is 1.66. The second-order valence-corrected chi connectivity index (χ2v) is 7.91. The van der Waals surface area contributed by atoms with Crippen LogP contribution in [0.5, 0.6) is 5.75 Å². The van der Waals surface area contributed by atoms with E-state index in [1.165, 1.54) is 0 Å². The Morgan fingerprint density at radius 1 is 0.903 bits per heavy atom. The van der Waals surface area contributed by atoms with E-state index in [4.69, 9.17) is 9.47 Å². The minimum Gasteiger partial charge on any atom is -0.497 e. The number of nitrogens with one attached hydrogen (secondary N) is 3. The van der Waals surface area contributed by atoms with Crippen LogP contribution in [0.3, 0.4) is 0 Å². The summed E-state index contributed by atoms with van der Waals surface area (Å²) >= 11 is 0. The number of rotatable bonds is 8. The summed E-state index contributed by atoms with van der Waals surface area (Å²) in [5.74, 6) is 0.247. The maximum Gasteiger partial charge on any atom is 0.408 e. The van der Waals surface area contributed by atoms with Gasteiger partial charge in [0.1, 0.15) is 17.9 Å². The number of amides is 3. The van der Waals surface area contributed by atoms with Crippen LogP contribution in [0.2, 0.25) is 0 Å². The molecule has 0 saturated carbocycles. The van der Waals surface area contributed by atoms with Gasteiger partial charge in [0.25, 0.3) is 0 Å². The number of carbonyl (C=O) groups excluding carboxylic acids is 3. The first-order chi connectivity index (χ1) is 14.6. The molecule has 2 aromatic rings. The maximum absolute atomic E-state index is 12.2. The molecule has 0 bridgehead atoms. The van der Waals surface area contributed by atoms with Gasteiger partial charge in [-0.15, -0.1) is 0 Å². The summed E-state index contributed by atoms with van der Waals surface area (Å²) in [4.78, 5) is 35.9. The van der Waals surface area contributed by atoms with Gasteiger partial charge in [-0.05, 0) is 56.2 Å². The fraction of sp³-hybridized carbons (Fsp3) is 0.348. The Morgan fingerprint density at radius 2 is 1.61 bits per heavy atom.